The number of hydrogen-bond donors (Lipinski definition) is 2. The van der Waals surface area contributed by atoms with Crippen molar-refractivity contribution in [1.29, 1.82) is 0 Å². The number of benzene rings is 1. The second kappa shape index (κ2) is 8.11. The van der Waals surface area contributed by atoms with Crippen LogP contribution < -0.4 is 5.32 Å². The van der Waals surface area contributed by atoms with Crippen LogP contribution in [0.25, 0.3) is 0 Å². The lowest BCUT2D eigenvalue weighted by Crippen LogP contribution is -2.46. The number of carbonyl (C=O) groups is 2. The van der Waals surface area contributed by atoms with E-state index in [-0.39, 0.29) is 18.4 Å². The number of likely N-dealkylation sites (tertiary alicyclic amines) is 1. The SMILES string of the molecule is CCCC(O)CNC(=O)C1CCC(=O)N1Cc1ccc(C)cc1. The van der Waals surface area contributed by atoms with E-state index in [9.17, 15) is 14.7 Å². The highest BCUT2D eigenvalue weighted by Gasteiger charge is 2.35. The maximum Gasteiger partial charge on any atom is 0.242 e. The Kier molecular flexibility index (Phi) is 6.16. The summed E-state index contributed by atoms with van der Waals surface area (Å²) >= 11 is 0. The molecule has 0 bridgehead atoms. The van der Waals surface area contributed by atoms with Gasteiger partial charge < -0.3 is 15.3 Å². The first kappa shape index (κ1) is 17.5. The Balaban J connectivity index is 1.95. The van der Waals surface area contributed by atoms with E-state index in [0.717, 1.165) is 12.0 Å². The highest BCUT2D eigenvalue weighted by Crippen LogP contribution is 2.22. The molecule has 5 nitrogen and oxygen atoms in total. The third-order valence-electron chi connectivity index (χ3n) is 4.24. The van der Waals surface area contributed by atoms with Gasteiger partial charge in [-0.25, -0.2) is 0 Å². The van der Waals surface area contributed by atoms with Crippen molar-refractivity contribution in [2.45, 2.75) is 58.2 Å². The van der Waals surface area contributed by atoms with Crippen LogP contribution in [0.4, 0.5) is 0 Å². The van der Waals surface area contributed by atoms with E-state index in [2.05, 4.69) is 5.32 Å². The van der Waals surface area contributed by atoms with Gasteiger partial charge in [-0.05, 0) is 25.3 Å². The molecule has 0 saturated carbocycles. The second-order valence-electron chi connectivity index (χ2n) is 6.25. The third kappa shape index (κ3) is 4.79. The summed E-state index contributed by atoms with van der Waals surface area (Å²) in [5, 5.41) is 12.5. The van der Waals surface area contributed by atoms with Crippen LogP contribution in [0.2, 0.25) is 0 Å². The first-order chi connectivity index (χ1) is 11.0. The maximum absolute atomic E-state index is 12.3. The molecular weight excluding hydrogens is 292 g/mol. The summed E-state index contributed by atoms with van der Waals surface area (Å²) < 4.78 is 0. The van der Waals surface area contributed by atoms with Crippen molar-refractivity contribution in [1.82, 2.24) is 10.2 Å². The molecule has 23 heavy (non-hydrogen) atoms. The summed E-state index contributed by atoms with van der Waals surface area (Å²) in [6.45, 7) is 4.71. The van der Waals surface area contributed by atoms with Crippen LogP contribution in [0.1, 0.15) is 43.7 Å². The van der Waals surface area contributed by atoms with Crippen molar-refractivity contribution < 1.29 is 14.7 Å². The van der Waals surface area contributed by atoms with E-state index in [4.69, 9.17) is 0 Å². The van der Waals surface area contributed by atoms with Crippen LogP contribution in [0.15, 0.2) is 24.3 Å². The molecule has 1 aliphatic heterocycles. The molecule has 126 valence electrons. The smallest absolute Gasteiger partial charge is 0.242 e. The number of aryl methyl sites for hydroxylation is 1. The Morgan fingerprint density at radius 1 is 1.39 bits per heavy atom. The van der Waals surface area contributed by atoms with Gasteiger partial charge >= 0.3 is 0 Å². The normalized spacial score (nSPS) is 19.0. The number of nitrogens with one attached hydrogen (secondary N) is 1. The molecule has 1 aromatic rings. The van der Waals surface area contributed by atoms with Crippen LogP contribution in [0.5, 0.6) is 0 Å². The molecule has 2 amide bonds. The number of rotatable bonds is 7. The number of aliphatic hydroxyl groups is 1. The van der Waals surface area contributed by atoms with Gasteiger partial charge in [-0.3, -0.25) is 9.59 Å². The number of aliphatic hydroxyl groups excluding tert-OH is 1. The largest absolute Gasteiger partial charge is 0.391 e. The highest BCUT2D eigenvalue weighted by molar-refractivity contribution is 5.90. The first-order valence-corrected chi connectivity index (χ1v) is 8.32. The highest BCUT2D eigenvalue weighted by atomic mass is 16.3. The molecule has 2 unspecified atom stereocenters. The minimum atomic E-state index is -0.522. The molecule has 1 fully saturated rings. The van der Waals surface area contributed by atoms with E-state index < -0.39 is 12.1 Å². The lowest BCUT2D eigenvalue weighted by molar-refractivity contribution is -0.136. The molecular formula is C18H26N2O3. The molecule has 1 aromatic carbocycles. The van der Waals surface area contributed by atoms with E-state index in [1.807, 2.05) is 38.1 Å². The van der Waals surface area contributed by atoms with Gasteiger partial charge in [0.25, 0.3) is 0 Å². The van der Waals surface area contributed by atoms with E-state index in [0.29, 0.717) is 25.8 Å². The van der Waals surface area contributed by atoms with Crippen molar-refractivity contribution in [2.24, 2.45) is 0 Å². The fourth-order valence-corrected chi connectivity index (χ4v) is 2.87. The number of carbonyl (C=O) groups excluding carboxylic acids is 2. The molecule has 1 saturated heterocycles. The van der Waals surface area contributed by atoms with Crippen LogP contribution in [-0.2, 0) is 16.1 Å². The third-order valence-corrected chi connectivity index (χ3v) is 4.24. The Morgan fingerprint density at radius 2 is 2.09 bits per heavy atom. The summed E-state index contributed by atoms with van der Waals surface area (Å²) in [4.78, 5) is 26.1. The summed E-state index contributed by atoms with van der Waals surface area (Å²) in [6, 6.07) is 7.55. The standard InChI is InChI=1S/C18H26N2O3/c1-3-4-15(21)11-19-18(23)16-9-10-17(22)20(16)12-14-7-5-13(2)6-8-14/h5-8,15-16,21H,3-4,9-12H2,1-2H3,(H,19,23). The quantitative estimate of drug-likeness (QED) is 0.805. The molecule has 2 N–H and O–H groups in total. The zero-order valence-corrected chi connectivity index (χ0v) is 13.9. The minimum absolute atomic E-state index is 0.0137. The van der Waals surface area contributed by atoms with Gasteiger partial charge in [-0.2, -0.15) is 0 Å². The van der Waals surface area contributed by atoms with Gasteiger partial charge in [-0.15, -0.1) is 0 Å². The molecule has 2 atom stereocenters. The summed E-state index contributed by atoms with van der Waals surface area (Å²) in [5.74, 6) is -0.155. The summed E-state index contributed by atoms with van der Waals surface area (Å²) in [6.07, 6.45) is 1.96. The fourth-order valence-electron chi connectivity index (χ4n) is 2.87. The average molecular weight is 318 g/mol. The first-order valence-electron chi connectivity index (χ1n) is 8.32. The Labute approximate surface area is 137 Å². The Bertz CT molecular complexity index is 542. The molecule has 0 radical (unpaired) electrons. The lowest BCUT2D eigenvalue weighted by atomic mass is 10.1. The van der Waals surface area contributed by atoms with E-state index in [1.165, 1.54) is 5.56 Å². The van der Waals surface area contributed by atoms with Crippen molar-refractivity contribution in [3.8, 4) is 0 Å². The van der Waals surface area contributed by atoms with Gasteiger partial charge in [0.2, 0.25) is 11.8 Å². The Morgan fingerprint density at radius 3 is 2.74 bits per heavy atom. The van der Waals surface area contributed by atoms with Crippen LogP contribution in [0, 0.1) is 6.92 Å². The minimum Gasteiger partial charge on any atom is -0.391 e. The molecule has 0 spiro atoms. The summed E-state index contributed by atoms with van der Waals surface area (Å²) in [5.41, 5.74) is 2.19. The van der Waals surface area contributed by atoms with Gasteiger partial charge in [0, 0.05) is 19.5 Å². The topological polar surface area (TPSA) is 69.6 Å². The van der Waals surface area contributed by atoms with E-state index in [1.54, 1.807) is 4.90 Å². The molecule has 1 heterocycles. The van der Waals surface area contributed by atoms with Gasteiger partial charge in [0.05, 0.1) is 6.10 Å². The zero-order valence-electron chi connectivity index (χ0n) is 13.9. The Hall–Kier alpha value is -1.88. The van der Waals surface area contributed by atoms with Crippen LogP contribution in [0.3, 0.4) is 0 Å². The van der Waals surface area contributed by atoms with E-state index >= 15 is 0 Å². The molecule has 0 aromatic heterocycles. The van der Waals surface area contributed by atoms with Gasteiger partial charge in [0.1, 0.15) is 6.04 Å². The predicted octanol–water partition coefficient (Wildman–Crippen LogP) is 1.76. The lowest BCUT2D eigenvalue weighted by Gasteiger charge is -2.24. The molecule has 2 rings (SSSR count). The zero-order chi connectivity index (χ0) is 16.8. The molecule has 1 aliphatic rings. The second-order valence-corrected chi connectivity index (χ2v) is 6.25. The predicted molar refractivity (Wildman–Crippen MR) is 88.7 cm³/mol. The van der Waals surface area contributed by atoms with Crippen LogP contribution >= 0.6 is 0 Å². The fraction of sp³-hybridized carbons (Fsp3) is 0.556. The maximum atomic E-state index is 12.3. The van der Waals surface area contributed by atoms with Crippen molar-refractivity contribution in [3.63, 3.8) is 0 Å². The van der Waals surface area contributed by atoms with Crippen molar-refractivity contribution in [2.75, 3.05) is 6.54 Å². The number of amides is 2. The van der Waals surface area contributed by atoms with Gasteiger partial charge in [-0.1, -0.05) is 43.2 Å². The van der Waals surface area contributed by atoms with Crippen molar-refractivity contribution >= 4 is 11.8 Å². The number of nitrogens with zero attached hydrogens (tertiary/aromatic N) is 1. The van der Waals surface area contributed by atoms with Gasteiger partial charge in [0.15, 0.2) is 0 Å². The summed E-state index contributed by atoms with van der Waals surface area (Å²) in [7, 11) is 0. The van der Waals surface area contributed by atoms with Crippen LogP contribution in [-0.4, -0.2) is 40.5 Å². The monoisotopic (exact) mass is 318 g/mol. The average Bonchev–Trinajstić information content (AvgIpc) is 2.89. The molecule has 5 heteroatoms. The van der Waals surface area contributed by atoms with Crippen molar-refractivity contribution in [3.05, 3.63) is 35.4 Å². The molecule has 0 aliphatic carbocycles. The number of hydrogen-bond acceptors (Lipinski definition) is 3.